The van der Waals surface area contributed by atoms with Crippen LogP contribution in [0.1, 0.15) is 78.1 Å². The SMILES string of the molecule is CC12CCC3C(CC=C4C[C@@H](O)CC[C@@]43C)C1CC[C@@]21CCC(=O)O1. The average molecular weight is 344 g/mol. The molecule has 0 aromatic carbocycles. The van der Waals surface area contributed by atoms with Crippen molar-refractivity contribution in [3.8, 4) is 0 Å². The van der Waals surface area contributed by atoms with E-state index in [1.54, 1.807) is 0 Å². The lowest BCUT2D eigenvalue weighted by Gasteiger charge is -2.59. The molecule has 3 nitrogen and oxygen atoms in total. The predicted octanol–water partition coefficient (Wildman–Crippen LogP) is 4.39. The molecule has 3 heteroatoms. The number of aliphatic hydroxyl groups excluding tert-OH is 1. The Morgan fingerprint density at radius 1 is 1.08 bits per heavy atom. The molecule has 4 aliphatic carbocycles. The maximum absolute atomic E-state index is 11.9. The molecular formula is C22H32O3. The van der Waals surface area contributed by atoms with Gasteiger partial charge < -0.3 is 9.84 Å². The predicted molar refractivity (Wildman–Crippen MR) is 95.8 cm³/mol. The minimum Gasteiger partial charge on any atom is -0.458 e. The van der Waals surface area contributed by atoms with Crippen LogP contribution in [0.5, 0.6) is 0 Å². The number of esters is 1. The Hall–Kier alpha value is -0.830. The summed E-state index contributed by atoms with van der Waals surface area (Å²) in [6, 6.07) is 0. The Labute approximate surface area is 151 Å². The van der Waals surface area contributed by atoms with E-state index < -0.39 is 0 Å². The number of rotatable bonds is 0. The maximum Gasteiger partial charge on any atom is 0.306 e. The summed E-state index contributed by atoms with van der Waals surface area (Å²) in [6.07, 6.45) is 12.9. The Kier molecular flexibility index (Phi) is 3.35. The Morgan fingerprint density at radius 3 is 2.64 bits per heavy atom. The molecule has 5 rings (SSSR count). The molecule has 4 fully saturated rings. The fourth-order valence-corrected chi connectivity index (χ4v) is 7.94. The summed E-state index contributed by atoms with van der Waals surface area (Å²) in [6.45, 7) is 4.91. The van der Waals surface area contributed by atoms with Gasteiger partial charge in [0.1, 0.15) is 5.60 Å². The number of aliphatic hydroxyl groups is 1. The Balaban J connectivity index is 1.49. The van der Waals surface area contributed by atoms with Gasteiger partial charge in [0.15, 0.2) is 0 Å². The minimum absolute atomic E-state index is 0.0306. The summed E-state index contributed by atoms with van der Waals surface area (Å²) < 4.78 is 6.02. The summed E-state index contributed by atoms with van der Waals surface area (Å²) in [5.74, 6) is 2.22. The molecule has 3 saturated carbocycles. The first-order chi connectivity index (χ1) is 11.9. The first-order valence-electron chi connectivity index (χ1n) is 10.5. The molecule has 0 radical (unpaired) electrons. The number of hydrogen-bond acceptors (Lipinski definition) is 3. The maximum atomic E-state index is 11.9. The molecule has 5 aliphatic rings. The van der Waals surface area contributed by atoms with Crippen LogP contribution < -0.4 is 0 Å². The zero-order valence-corrected chi connectivity index (χ0v) is 15.7. The van der Waals surface area contributed by atoms with Gasteiger partial charge in [-0.1, -0.05) is 25.5 Å². The third-order valence-electron chi connectivity index (χ3n) is 9.41. The fourth-order valence-electron chi connectivity index (χ4n) is 7.94. The van der Waals surface area contributed by atoms with Crippen LogP contribution in [-0.2, 0) is 9.53 Å². The van der Waals surface area contributed by atoms with E-state index in [4.69, 9.17) is 4.74 Å². The summed E-state index contributed by atoms with van der Waals surface area (Å²) >= 11 is 0. The van der Waals surface area contributed by atoms with Crippen LogP contribution in [0.25, 0.3) is 0 Å². The van der Waals surface area contributed by atoms with Crippen LogP contribution in [0.2, 0.25) is 0 Å². The van der Waals surface area contributed by atoms with Crippen LogP contribution in [0.15, 0.2) is 11.6 Å². The first kappa shape index (κ1) is 16.4. The highest BCUT2D eigenvalue weighted by atomic mass is 16.6. The molecule has 0 aromatic rings. The molecule has 1 spiro atoms. The van der Waals surface area contributed by atoms with E-state index in [9.17, 15) is 9.90 Å². The smallest absolute Gasteiger partial charge is 0.306 e. The molecular weight excluding hydrogens is 312 g/mol. The van der Waals surface area contributed by atoms with Gasteiger partial charge in [0.25, 0.3) is 0 Å². The van der Waals surface area contributed by atoms with Gasteiger partial charge >= 0.3 is 5.97 Å². The molecule has 1 aliphatic heterocycles. The van der Waals surface area contributed by atoms with Crippen LogP contribution in [0.4, 0.5) is 0 Å². The van der Waals surface area contributed by atoms with Gasteiger partial charge in [-0.3, -0.25) is 4.79 Å². The van der Waals surface area contributed by atoms with Gasteiger partial charge in [-0.2, -0.15) is 0 Å². The topological polar surface area (TPSA) is 46.5 Å². The number of ether oxygens (including phenoxy) is 1. The van der Waals surface area contributed by atoms with E-state index in [0.29, 0.717) is 17.8 Å². The van der Waals surface area contributed by atoms with Crippen molar-refractivity contribution in [3.63, 3.8) is 0 Å². The van der Waals surface area contributed by atoms with Gasteiger partial charge in [0.05, 0.1) is 6.10 Å². The molecule has 1 heterocycles. The Bertz CT molecular complexity index is 639. The van der Waals surface area contributed by atoms with E-state index in [1.807, 2.05) is 0 Å². The highest BCUT2D eigenvalue weighted by Gasteiger charge is 2.66. The molecule has 1 saturated heterocycles. The zero-order chi connectivity index (χ0) is 17.4. The van der Waals surface area contributed by atoms with Gasteiger partial charge in [-0.05, 0) is 81.0 Å². The monoisotopic (exact) mass is 344 g/mol. The van der Waals surface area contributed by atoms with Gasteiger partial charge in [0, 0.05) is 11.8 Å². The van der Waals surface area contributed by atoms with Crippen LogP contribution >= 0.6 is 0 Å². The third kappa shape index (κ3) is 1.99. The van der Waals surface area contributed by atoms with E-state index in [-0.39, 0.29) is 23.1 Å². The van der Waals surface area contributed by atoms with Crippen LogP contribution in [0, 0.1) is 28.6 Å². The zero-order valence-electron chi connectivity index (χ0n) is 15.7. The Morgan fingerprint density at radius 2 is 1.88 bits per heavy atom. The summed E-state index contributed by atoms with van der Waals surface area (Å²) in [5.41, 5.74) is 1.85. The largest absolute Gasteiger partial charge is 0.458 e. The number of hydrogen-bond donors (Lipinski definition) is 1. The number of carbonyl (C=O) groups excluding carboxylic acids is 1. The normalized spacial score (nSPS) is 54.5. The lowest BCUT2D eigenvalue weighted by atomic mass is 9.47. The average Bonchev–Trinajstić information content (AvgIpc) is 3.10. The van der Waals surface area contributed by atoms with Gasteiger partial charge in [-0.25, -0.2) is 0 Å². The summed E-state index contributed by atoms with van der Waals surface area (Å²) in [5, 5.41) is 10.1. The molecule has 1 N–H and O–H groups in total. The quantitative estimate of drug-likeness (QED) is 0.524. The second kappa shape index (κ2) is 5.12. The molecule has 4 unspecified atom stereocenters. The van der Waals surface area contributed by atoms with Crippen molar-refractivity contribution < 1.29 is 14.6 Å². The van der Waals surface area contributed by atoms with Crippen molar-refractivity contribution in [2.24, 2.45) is 28.6 Å². The first-order valence-corrected chi connectivity index (χ1v) is 10.5. The second-order valence-corrected chi connectivity index (χ2v) is 10.1. The van der Waals surface area contributed by atoms with Crippen molar-refractivity contribution in [2.45, 2.75) is 89.8 Å². The molecule has 7 atom stereocenters. The third-order valence-corrected chi connectivity index (χ3v) is 9.41. The van der Waals surface area contributed by atoms with Crippen molar-refractivity contribution in [1.82, 2.24) is 0 Å². The number of carbonyl (C=O) groups is 1. The van der Waals surface area contributed by atoms with E-state index in [1.165, 1.54) is 31.3 Å². The van der Waals surface area contributed by atoms with Crippen LogP contribution in [0.3, 0.4) is 0 Å². The standard InChI is InChI=1S/C22H32O3/c1-20-9-5-15(23)13-14(20)3-4-16-17(20)6-10-21(2)18(16)7-11-22(21)12-8-19(24)25-22/h3,15-18,23H,4-13H2,1-2H3/t15-,16?,17?,18?,20-,21?,22+/m0/s1. The molecule has 0 aromatic heterocycles. The van der Waals surface area contributed by atoms with E-state index >= 15 is 0 Å². The van der Waals surface area contributed by atoms with Gasteiger partial charge in [0.2, 0.25) is 0 Å². The molecule has 138 valence electrons. The summed E-state index contributed by atoms with van der Waals surface area (Å²) in [4.78, 5) is 11.9. The second-order valence-electron chi connectivity index (χ2n) is 10.1. The van der Waals surface area contributed by atoms with Crippen molar-refractivity contribution in [1.29, 1.82) is 0 Å². The molecule has 0 amide bonds. The lowest BCUT2D eigenvalue weighted by molar-refractivity contribution is -0.167. The molecule has 25 heavy (non-hydrogen) atoms. The van der Waals surface area contributed by atoms with Crippen LogP contribution in [-0.4, -0.2) is 22.8 Å². The lowest BCUT2D eigenvalue weighted by Crippen LogP contribution is -2.54. The van der Waals surface area contributed by atoms with Gasteiger partial charge in [-0.15, -0.1) is 0 Å². The van der Waals surface area contributed by atoms with Crippen molar-refractivity contribution in [3.05, 3.63) is 11.6 Å². The number of fused-ring (bicyclic) bond motifs is 6. The highest BCUT2D eigenvalue weighted by molar-refractivity contribution is 5.72. The summed E-state index contributed by atoms with van der Waals surface area (Å²) in [7, 11) is 0. The van der Waals surface area contributed by atoms with Crippen molar-refractivity contribution in [2.75, 3.05) is 0 Å². The van der Waals surface area contributed by atoms with E-state index in [2.05, 4.69) is 19.9 Å². The highest BCUT2D eigenvalue weighted by Crippen LogP contribution is 2.69. The van der Waals surface area contributed by atoms with Crippen molar-refractivity contribution >= 4 is 5.97 Å². The minimum atomic E-state index is -0.159. The van der Waals surface area contributed by atoms with E-state index in [0.717, 1.165) is 43.9 Å². The fraction of sp³-hybridized carbons (Fsp3) is 0.864. The number of allylic oxidation sites excluding steroid dienone is 1. The molecule has 0 bridgehead atoms.